The molecule has 1 saturated carbocycles. The minimum absolute atomic E-state index is 0.0469. The number of halogens is 3. The van der Waals surface area contributed by atoms with Crippen LogP contribution >= 0.6 is 15.9 Å². The summed E-state index contributed by atoms with van der Waals surface area (Å²) in [7, 11) is 0. The quantitative estimate of drug-likeness (QED) is 0.867. The van der Waals surface area contributed by atoms with E-state index in [-0.39, 0.29) is 37.7 Å². The largest absolute Gasteiger partial charge is 0.369 e. The number of amides is 2. The van der Waals surface area contributed by atoms with E-state index in [2.05, 4.69) is 15.9 Å². The lowest BCUT2D eigenvalue weighted by molar-refractivity contribution is -0.120. The Hall–Kier alpha value is -1.50. The Morgan fingerprint density at radius 1 is 1.13 bits per heavy atom. The molecule has 1 aliphatic carbocycles. The summed E-state index contributed by atoms with van der Waals surface area (Å²) in [6.07, 6.45) is 0.811. The van der Waals surface area contributed by atoms with Gasteiger partial charge in [-0.2, -0.15) is 0 Å². The summed E-state index contributed by atoms with van der Waals surface area (Å²) in [5, 5.41) is 0. The van der Waals surface area contributed by atoms with E-state index in [0.717, 1.165) is 5.56 Å². The second-order valence-corrected chi connectivity index (χ2v) is 7.14. The number of alkyl halides is 2. The number of carbonyl (C=O) groups excluding carboxylic acids is 2. The molecule has 2 fully saturated rings. The standard InChI is InChI=1S/C16H17BrF2N2O2/c17-12-9-10(15(3-4-15)14(20)23)1-2-11(12)13(22)21-7-5-16(18,19)6-8-21/h1-2,9H,3-8H2,(H2,20,23). The van der Waals surface area contributed by atoms with Gasteiger partial charge >= 0.3 is 0 Å². The lowest BCUT2D eigenvalue weighted by atomic mass is 9.94. The van der Waals surface area contributed by atoms with Gasteiger partial charge in [-0.1, -0.05) is 6.07 Å². The first-order valence-electron chi connectivity index (χ1n) is 7.52. The molecule has 4 nitrogen and oxygen atoms in total. The summed E-state index contributed by atoms with van der Waals surface area (Å²) < 4.78 is 27.0. The molecule has 23 heavy (non-hydrogen) atoms. The number of primary amides is 1. The van der Waals surface area contributed by atoms with E-state index in [1.54, 1.807) is 18.2 Å². The van der Waals surface area contributed by atoms with Crippen LogP contribution in [0.1, 0.15) is 41.6 Å². The molecule has 2 N–H and O–H groups in total. The summed E-state index contributed by atoms with van der Waals surface area (Å²) in [5.41, 5.74) is 6.05. The van der Waals surface area contributed by atoms with Gasteiger partial charge in [0.25, 0.3) is 11.8 Å². The molecule has 0 bridgehead atoms. The molecule has 1 aromatic carbocycles. The molecule has 3 rings (SSSR count). The Morgan fingerprint density at radius 2 is 1.74 bits per heavy atom. The zero-order chi connectivity index (χ0) is 16.8. The van der Waals surface area contributed by atoms with Crippen molar-refractivity contribution in [2.75, 3.05) is 13.1 Å². The lowest BCUT2D eigenvalue weighted by Crippen LogP contribution is -2.42. The first-order chi connectivity index (χ1) is 10.8. The van der Waals surface area contributed by atoms with Gasteiger partial charge in [-0.15, -0.1) is 0 Å². The minimum Gasteiger partial charge on any atom is -0.369 e. The van der Waals surface area contributed by atoms with Crippen LogP contribution in [-0.4, -0.2) is 35.7 Å². The zero-order valence-corrected chi connectivity index (χ0v) is 14.0. The molecule has 0 aromatic heterocycles. The van der Waals surface area contributed by atoms with Crippen LogP contribution in [-0.2, 0) is 10.2 Å². The predicted molar refractivity (Wildman–Crippen MR) is 84.3 cm³/mol. The lowest BCUT2D eigenvalue weighted by Gasteiger charge is -2.32. The molecule has 7 heteroatoms. The number of rotatable bonds is 3. The average molecular weight is 387 g/mol. The number of piperidine rings is 1. The number of benzene rings is 1. The fraction of sp³-hybridized carbons (Fsp3) is 0.500. The van der Waals surface area contributed by atoms with Crippen molar-refractivity contribution in [2.45, 2.75) is 37.0 Å². The summed E-state index contributed by atoms with van der Waals surface area (Å²) in [6.45, 7) is 0.0937. The second-order valence-electron chi connectivity index (χ2n) is 6.29. The topological polar surface area (TPSA) is 63.4 Å². The van der Waals surface area contributed by atoms with Gasteiger partial charge in [-0.25, -0.2) is 8.78 Å². The Morgan fingerprint density at radius 3 is 2.22 bits per heavy atom. The molecular weight excluding hydrogens is 370 g/mol. The third kappa shape index (κ3) is 2.98. The Kier molecular flexibility index (Phi) is 3.94. The minimum atomic E-state index is -2.68. The van der Waals surface area contributed by atoms with Crippen LogP contribution in [0.15, 0.2) is 22.7 Å². The molecule has 2 amide bonds. The van der Waals surface area contributed by atoms with Crippen LogP contribution < -0.4 is 5.73 Å². The summed E-state index contributed by atoms with van der Waals surface area (Å²) in [6, 6.07) is 5.11. The highest BCUT2D eigenvalue weighted by atomic mass is 79.9. The number of hydrogen-bond acceptors (Lipinski definition) is 2. The monoisotopic (exact) mass is 386 g/mol. The Bertz CT molecular complexity index is 664. The molecule has 1 aliphatic heterocycles. The highest BCUT2D eigenvalue weighted by Crippen LogP contribution is 2.48. The SMILES string of the molecule is NC(=O)C1(c2ccc(C(=O)N3CCC(F)(F)CC3)c(Br)c2)CC1. The molecule has 124 valence electrons. The highest BCUT2D eigenvalue weighted by molar-refractivity contribution is 9.10. The van der Waals surface area contributed by atoms with Crippen LogP contribution in [0.3, 0.4) is 0 Å². The number of carbonyl (C=O) groups is 2. The third-order valence-electron chi connectivity index (χ3n) is 4.76. The predicted octanol–water partition coefficient (Wildman–Crippen LogP) is 2.84. The molecule has 1 saturated heterocycles. The van der Waals surface area contributed by atoms with Crippen molar-refractivity contribution in [3.8, 4) is 0 Å². The van der Waals surface area contributed by atoms with Crippen molar-refractivity contribution in [3.63, 3.8) is 0 Å². The van der Waals surface area contributed by atoms with Crippen molar-refractivity contribution in [3.05, 3.63) is 33.8 Å². The first kappa shape index (κ1) is 16.4. The van der Waals surface area contributed by atoms with E-state index in [1.807, 2.05) is 0 Å². The van der Waals surface area contributed by atoms with Crippen LogP contribution in [0, 0.1) is 0 Å². The fourth-order valence-corrected chi connectivity index (χ4v) is 3.54. The average Bonchev–Trinajstić information content (AvgIpc) is 3.28. The maximum Gasteiger partial charge on any atom is 0.255 e. The van der Waals surface area contributed by atoms with Crippen molar-refractivity contribution >= 4 is 27.7 Å². The third-order valence-corrected chi connectivity index (χ3v) is 5.41. The smallest absolute Gasteiger partial charge is 0.255 e. The first-order valence-corrected chi connectivity index (χ1v) is 8.32. The van der Waals surface area contributed by atoms with Gasteiger partial charge in [0.05, 0.1) is 11.0 Å². The molecule has 0 spiro atoms. The molecule has 0 atom stereocenters. The maximum absolute atomic E-state index is 13.2. The van der Waals surface area contributed by atoms with Gasteiger partial charge in [-0.05, 0) is 46.5 Å². The molecule has 2 aliphatic rings. The van der Waals surface area contributed by atoms with E-state index in [4.69, 9.17) is 5.73 Å². The van der Waals surface area contributed by atoms with E-state index < -0.39 is 11.3 Å². The number of nitrogens with two attached hydrogens (primary N) is 1. The van der Waals surface area contributed by atoms with Crippen molar-refractivity contribution < 1.29 is 18.4 Å². The van der Waals surface area contributed by atoms with Gasteiger partial charge in [0, 0.05) is 30.4 Å². The van der Waals surface area contributed by atoms with Gasteiger partial charge in [0.15, 0.2) is 0 Å². The summed E-state index contributed by atoms with van der Waals surface area (Å²) in [5.74, 6) is -3.32. The van der Waals surface area contributed by atoms with E-state index in [9.17, 15) is 18.4 Å². The number of nitrogens with zero attached hydrogens (tertiary/aromatic N) is 1. The van der Waals surface area contributed by atoms with Crippen LogP contribution in [0.5, 0.6) is 0 Å². The van der Waals surface area contributed by atoms with Gasteiger partial charge in [-0.3, -0.25) is 9.59 Å². The molecule has 0 radical (unpaired) electrons. The van der Waals surface area contributed by atoms with E-state index in [0.29, 0.717) is 22.9 Å². The molecule has 1 heterocycles. The van der Waals surface area contributed by atoms with Crippen LogP contribution in [0.2, 0.25) is 0 Å². The summed E-state index contributed by atoms with van der Waals surface area (Å²) in [4.78, 5) is 25.5. The van der Waals surface area contributed by atoms with Crippen molar-refractivity contribution in [2.24, 2.45) is 5.73 Å². The van der Waals surface area contributed by atoms with Crippen molar-refractivity contribution in [1.29, 1.82) is 0 Å². The maximum atomic E-state index is 13.2. The summed E-state index contributed by atoms with van der Waals surface area (Å²) >= 11 is 3.36. The number of hydrogen-bond donors (Lipinski definition) is 1. The highest BCUT2D eigenvalue weighted by Gasteiger charge is 2.50. The van der Waals surface area contributed by atoms with Crippen LogP contribution in [0.25, 0.3) is 0 Å². The fourth-order valence-electron chi connectivity index (χ4n) is 3.00. The molecule has 0 unspecified atom stereocenters. The van der Waals surface area contributed by atoms with Gasteiger partial charge < -0.3 is 10.6 Å². The Balaban J connectivity index is 1.79. The molecular formula is C16H17BrF2N2O2. The Labute approximate surface area is 141 Å². The zero-order valence-electron chi connectivity index (χ0n) is 12.4. The van der Waals surface area contributed by atoms with Gasteiger partial charge in [0.2, 0.25) is 5.91 Å². The molecule has 1 aromatic rings. The van der Waals surface area contributed by atoms with Crippen LogP contribution in [0.4, 0.5) is 8.78 Å². The van der Waals surface area contributed by atoms with E-state index in [1.165, 1.54) is 4.90 Å². The van der Waals surface area contributed by atoms with Gasteiger partial charge in [0.1, 0.15) is 0 Å². The number of likely N-dealkylation sites (tertiary alicyclic amines) is 1. The second kappa shape index (κ2) is 5.54. The van der Waals surface area contributed by atoms with E-state index >= 15 is 0 Å². The normalized spacial score (nSPS) is 21.8. The van der Waals surface area contributed by atoms with Crippen molar-refractivity contribution in [1.82, 2.24) is 4.90 Å².